The molecule has 6 heteroatoms. The van der Waals surface area contributed by atoms with Gasteiger partial charge in [-0.2, -0.15) is 0 Å². The Morgan fingerprint density at radius 3 is 3.10 bits per heavy atom. The minimum absolute atomic E-state index is 0.164. The average molecular weight is 276 g/mol. The number of nitrogens with one attached hydrogen (secondary N) is 1. The van der Waals surface area contributed by atoms with Gasteiger partial charge in [0.1, 0.15) is 11.4 Å². The Morgan fingerprint density at radius 2 is 2.30 bits per heavy atom. The van der Waals surface area contributed by atoms with Crippen molar-refractivity contribution in [2.45, 2.75) is 26.4 Å². The molecule has 2 rings (SSSR count). The van der Waals surface area contributed by atoms with Gasteiger partial charge in [0, 0.05) is 24.9 Å². The van der Waals surface area contributed by atoms with Crippen molar-refractivity contribution in [3.8, 4) is 5.75 Å². The van der Waals surface area contributed by atoms with Crippen molar-refractivity contribution in [2.75, 3.05) is 18.5 Å². The van der Waals surface area contributed by atoms with Crippen LogP contribution in [0.25, 0.3) is 0 Å². The number of aliphatic hydroxyl groups is 1. The third-order valence-corrected chi connectivity index (χ3v) is 2.75. The molecule has 0 aliphatic heterocycles. The summed E-state index contributed by atoms with van der Waals surface area (Å²) < 4.78 is 7.19. The largest absolute Gasteiger partial charge is 0.494 e. The Kier molecular flexibility index (Phi) is 5.37. The highest BCUT2D eigenvalue weighted by molar-refractivity contribution is 5.48. The van der Waals surface area contributed by atoms with E-state index in [-0.39, 0.29) is 6.61 Å². The molecule has 0 radical (unpaired) electrons. The maximum absolute atomic E-state index is 8.77. The first-order valence-corrected chi connectivity index (χ1v) is 6.78. The van der Waals surface area contributed by atoms with Crippen molar-refractivity contribution in [2.24, 2.45) is 0 Å². The third-order valence-electron chi connectivity index (χ3n) is 2.75. The zero-order valence-electron chi connectivity index (χ0n) is 11.6. The second-order valence-electron chi connectivity index (χ2n) is 4.36. The fourth-order valence-electron chi connectivity index (χ4n) is 1.82. The molecule has 0 spiro atoms. The van der Waals surface area contributed by atoms with Crippen molar-refractivity contribution in [3.05, 3.63) is 36.2 Å². The Labute approximate surface area is 118 Å². The van der Waals surface area contributed by atoms with E-state index in [0.717, 1.165) is 17.1 Å². The summed E-state index contributed by atoms with van der Waals surface area (Å²) in [6, 6.07) is 7.82. The minimum atomic E-state index is 0.164. The highest BCUT2D eigenvalue weighted by Gasteiger charge is 2.01. The van der Waals surface area contributed by atoms with Crippen LogP contribution in [0.15, 0.2) is 30.5 Å². The topological polar surface area (TPSA) is 72.2 Å². The molecule has 20 heavy (non-hydrogen) atoms. The van der Waals surface area contributed by atoms with E-state index in [1.807, 2.05) is 37.4 Å². The van der Waals surface area contributed by atoms with Gasteiger partial charge in [-0.1, -0.05) is 11.3 Å². The Morgan fingerprint density at radius 1 is 1.40 bits per heavy atom. The first kappa shape index (κ1) is 14.3. The van der Waals surface area contributed by atoms with Crippen LogP contribution in [-0.4, -0.2) is 33.3 Å². The number of rotatable bonds is 8. The maximum atomic E-state index is 8.77. The molecule has 2 N–H and O–H groups in total. The number of ether oxygens (including phenoxy) is 1. The highest BCUT2D eigenvalue weighted by Crippen LogP contribution is 2.17. The first-order valence-electron chi connectivity index (χ1n) is 6.78. The number of aromatic nitrogens is 3. The summed E-state index contributed by atoms with van der Waals surface area (Å²) in [4.78, 5) is 0. The number of hydrogen-bond donors (Lipinski definition) is 2. The van der Waals surface area contributed by atoms with E-state index in [2.05, 4.69) is 15.6 Å². The summed E-state index contributed by atoms with van der Waals surface area (Å²) in [6.07, 6.45) is 2.57. The standard InChI is InChI=1S/C14H20N4O2/c1-2-20-14-6-3-5-12(9-14)15-10-13-11-18(17-16-13)7-4-8-19/h3,5-6,9,11,15,19H,2,4,7-8,10H2,1H3. The Hall–Kier alpha value is -2.08. The van der Waals surface area contributed by atoms with Gasteiger partial charge in [0.25, 0.3) is 0 Å². The first-order chi connectivity index (χ1) is 9.81. The molecule has 0 bridgehead atoms. The van der Waals surface area contributed by atoms with Gasteiger partial charge < -0.3 is 15.2 Å². The van der Waals surface area contributed by atoms with Crippen molar-refractivity contribution in [1.29, 1.82) is 0 Å². The van der Waals surface area contributed by atoms with Gasteiger partial charge in [-0.15, -0.1) is 5.10 Å². The van der Waals surface area contributed by atoms with Crippen LogP contribution in [0, 0.1) is 0 Å². The molecule has 2 aromatic rings. The van der Waals surface area contributed by atoms with Crippen molar-refractivity contribution in [1.82, 2.24) is 15.0 Å². The van der Waals surface area contributed by atoms with E-state index in [1.54, 1.807) is 4.68 Å². The van der Waals surface area contributed by atoms with Gasteiger partial charge in [0.2, 0.25) is 0 Å². The van der Waals surface area contributed by atoms with E-state index in [4.69, 9.17) is 9.84 Å². The van der Waals surface area contributed by atoms with E-state index in [9.17, 15) is 0 Å². The summed E-state index contributed by atoms with van der Waals surface area (Å²) in [7, 11) is 0. The highest BCUT2D eigenvalue weighted by atomic mass is 16.5. The van der Waals surface area contributed by atoms with Crippen LogP contribution >= 0.6 is 0 Å². The number of aliphatic hydroxyl groups excluding tert-OH is 1. The predicted molar refractivity (Wildman–Crippen MR) is 76.7 cm³/mol. The predicted octanol–water partition coefficient (Wildman–Crippen LogP) is 1.67. The summed E-state index contributed by atoms with van der Waals surface area (Å²) in [6.45, 7) is 4.07. The summed E-state index contributed by atoms with van der Waals surface area (Å²) in [5.41, 5.74) is 1.85. The molecule has 6 nitrogen and oxygen atoms in total. The monoisotopic (exact) mass is 276 g/mol. The van der Waals surface area contributed by atoms with Crippen LogP contribution in [0.5, 0.6) is 5.75 Å². The molecule has 0 aliphatic carbocycles. The van der Waals surface area contributed by atoms with Gasteiger partial charge >= 0.3 is 0 Å². The average Bonchev–Trinajstić information content (AvgIpc) is 2.92. The van der Waals surface area contributed by atoms with E-state index in [0.29, 0.717) is 26.1 Å². The van der Waals surface area contributed by atoms with Gasteiger partial charge in [0.05, 0.1) is 19.3 Å². The number of nitrogens with zero attached hydrogens (tertiary/aromatic N) is 3. The van der Waals surface area contributed by atoms with Gasteiger partial charge in [0.15, 0.2) is 0 Å². The quantitative estimate of drug-likeness (QED) is 0.767. The molecule has 1 aromatic carbocycles. The second-order valence-corrected chi connectivity index (χ2v) is 4.36. The smallest absolute Gasteiger partial charge is 0.121 e. The van der Waals surface area contributed by atoms with Crippen LogP contribution in [0.1, 0.15) is 19.0 Å². The van der Waals surface area contributed by atoms with Crippen molar-refractivity contribution < 1.29 is 9.84 Å². The molecule has 1 aromatic heterocycles. The lowest BCUT2D eigenvalue weighted by Crippen LogP contribution is -2.01. The normalized spacial score (nSPS) is 10.5. The van der Waals surface area contributed by atoms with Crippen LogP contribution in [0.4, 0.5) is 5.69 Å². The summed E-state index contributed by atoms with van der Waals surface area (Å²) in [5, 5.41) is 20.1. The minimum Gasteiger partial charge on any atom is -0.494 e. The number of anilines is 1. The maximum Gasteiger partial charge on any atom is 0.121 e. The lowest BCUT2D eigenvalue weighted by Gasteiger charge is -2.07. The molecular weight excluding hydrogens is 256 g/mol. The number of aryl methyl sites for hydroxylation is 1. The second kappa shape index (κ2) is 7.49. The van der Waals surface area contributed by atoms with Gasteiger partial charge in [-0.3, -0.25) is 4.68 Å². The summed E-state index contributed by atoms with van der Waals surface area (Å²) >= 11 is 0. The van der Waals surface area contributed by atoms with Crippen molar-refractivity contribution in [3.63, 3.8) is 0 Å². The zero-order chi connectivity index (χ0) is 14.2. The van der Waals surface area contributed by atoms with Crippen LogP contribution < -0.4 is 10.1 Å². The van der Waals surface area contributed by atoms with Gasteiger partial charge in [-0.05, 0) is 25.5 Å². The molecule has 0 aliphatic rings. The molecule has 1 heterocycles. The fourth-order valence-corrected chi connectivity index (χ4v) is 1.82. The van der Waals surface area contributed by atoms with Gasteiger partial charge in [-0.25, -0.2) is 0 Å². The van der Waals surface area contributed by atoms with Crippen molar-refractivity contribution >= 4 is 5.69 Å². The number of hydrogen-bond acceptors (Lipinski definition) is 5. The SMILES string of the molecule is CCOc1cccc(NCc2cn(CCCO)nn2)c1. The van der Waals surface area contributed by atoms with E-state index >= 15 is 0 Å². The third kappa shape index (κ3) is 4.24. The Bertz CT molecular complexity index is 527. The lowest BCUT2D eigenvalue weighted by atomic mass is 10.3. The zero-order valence-corrected chi connectivity index (χ0v) is 11.6. The molecule has 0 atom stereocenters. The fraction of sp³-hybridized carbons (Fsp3) is 0.429. The summed E-state index contributed by atoms with van der Waals surface area (Å²) in [5.74, 6) is 0.851. The molecule has 0 saturated carbocycles. The van der Waals surface area contributed by atoms with E-state index in [1.165, 1.54) is 0 Å². The molecule has 108 valence electrons. The van der Waals surface area contributed by atoms with E-state index < -0.39 is 0 Å². The lowest BCUT2D eigenvalue weighted by molar-refractivity contribution is 0.276. The van der Waals surface area contributed by atoms with Crippen LogP contribution in [0.2, 0.25) is 0 Å². The van der Waals surface area contributed by atoms with Crippen LogP contribution in [-0.2, 0) is 13.1 Å². The molecule has 0 amide bonds. The Balaban J connectivity index is 1.88. The molecule has 0 saturated heterocycles. The molecule has 0 unspecified atom stereocenters. The van der Waals surface area contributed by atoms with Crippen LogP contribution in [0.3, 0.4) is 0 Å². The molecule has 0 fully saturated rings. The molecular formula is C14H20N4O2. The number of benzene rings is 1.